The molecular formula is C13H21N3O3. The summed E-state index contributed by atoms with van der Waals surface area (Å²) >= 11 is 0. The molecule has 19 heavy (non-hydrogen) atoms. The van der Waals surface area contributed by atoms with Crippen molar-refractivity contribution in [2.75, 3.05) is 33.4 Å². The van der Waals surface area contributed by atoms with E-state index in [-0.39, 0.29) is 18.2 Å². The van der Waals surface area contributed by atoms with E-state index in [1.54, 1.807) is 12.0 Å². The number of rotatable bonds is 6. The number of hydrogen-bond donors (Lipinski definition) is 1. The van der Waals surface area contributed by atoms with Crippen LogP contribution in [0, 0.1) is 17.2 Å². The Morgan fingerprint density at radius 1 is 1.42 bits per heavy atom. The number of carbonyl (C=O) groups excluding carboxylic acids is 2. The fourth-order valence-electron chi connectivity index (χ4n) is 2.11. The van der Waals surface area contributed by atoms with Gasteiger partial charge in [0.15, 0.2) is 0 Å². The van der Waals surface area contributed by atoms with Gasteiger partial charge in [0.2, 0.25) is 11.8 Å². The van der Waals surface area contributed by atoms with Gasteiger partial charge in [0.05, 0.1) is 12.7 Å². The Labute approximate surface area is 113 Å². The molecule has 2 amide bonds. The van der Waals surface area contributed by atoms with Crippen LogP contribution in [0.3, 0.4) is 0 Å². The van der Waals surface area contributed by atoms with E-state index in [0.29, 0.717) is 38.6 Å². The lowest BCUT2D eigenvalue weighted by Gasteiger charge is -2.31. The van der Waals surface area contributed by atoms with E-state index < -0.39 is 0 Å². The highest BCUT2D eigenvalue weighted by Crippen LogP contribution is 2.16. The number of likely N-dealkylation sites (tertiary alicyclic amines) is 1. The van der Waals surface area contributed by atoms with E-state index in [1.165, 1.54) is 0 Å². The van der Waals surface area contributed by atoms with Gasteiger partial charge >= 0.3 is 0 Å². The van der Waals surface area contributed by atoms with Crippen LogP contribution in [0.5, 0.6) is 0 Å². The van der Waals surface area contributed by atoms with Crippen molar-refractivity contribution in [3.8, 4) is 6.07 Å². The number of methoxy groups -OCH3 is 1. The highest BCUT2D eigenvalue weighted by atomic mass is 16.5. The first kappa shape index (κ1) is 15.4. The molecule has 1 rings (SSSR count). The molecule has 0 aromatic heterocycles. The molecular weight excluding hydrogens is 246 g/mol. The number of nitrogens with zero attached hydrogens (tertiary/aromatic N) is 2. The zero-order valence-electron chi connectivity index (χ0n) is 11.4. The fraction of sp³-hybridized carbons (Fsp3) is 0.769. The van der Waals surface area contributed by atoms with Crippen LogP contribution in [0.1, 0.15) is 25.7 Å². The maximum absolute atomic E-state index is 11.5. The molecule has 0 bridgehead atoms. The van der Waals surface area contributed by atoms with Crippen LogP contribution in [0.2, 0.25) is 0 Å². The summed E-state index contributed by atoms with van der Waals surface area (Å²) in [4.78, 5) is 24.6. The molecule has 1 N–H and O–H groups in total. The van der Waals surface area contributed by atoms with Gasteiger partial charge in [0.25, 0.3) is 0 Å². The topological polar surface area (TPSA) is 82.4 Å². The van der Waals surface area contributed by atoms with Crippen LogP contribution in [0.4, 0.5) is 0 Å². The van der Waals surface area contributed by atoms with Gasteiger partial charge in [-0.1, -0.05) is 0 Å². The van der Waals surface area contributed by atoms with E-state index in [4.69, 9.17) is 10.00 Å². The third kappa shape index (κ3) is 5.71. The van der Waals surface area contributed by atoms with Gasteiger partial charge in [-0.25, -0.2) is 0 Å². The first-order chi connectivity index (χ1) is 9.17. The third-order valence-corrected chi connectivity index (χ3v) is 3.32. The Morgan fingerprint density at radius 2 is 2.11 bits per heavy atom. The molecule has 1 fully saturated rings. The van der Waals surface area contributed by atoms with Crippen molar-refractivity contribution < 1.29 is 14.3 Å². The first-order valence-electron chi connectivity index (χ1n) is 6.57. The molecule has 0 saturated carbocycles. The van der Waals surface area contributed by atoms with Crippen LogP contribution in [-0.2, 0) is 14.3 Å². The summed E-state index contributed by atoms with van der Waals surface area (Å²) in [6, 6.07) is 1.88. The maximum atomic E-state index is 11.5. The van der Waals surface area contributed by atoms with Gasteiger partial charge in [-0.15, -0.1) is 0 Å². The molecule has 1 heterocycles. The summed E-state index contributed by atoms with van der Waals surface area (Å²) in [7, 11) is 1.57. The average Bonchev–Trinajstić information content (AvgIpc) is 2.43. The molecule has 0 aromatic carbocycles. The van der Waals surface area contributed by atoms with Crippen LogP contribution in [0.15, 0.2) is 0 Å². The minimum atomic E-state index is -0.0925. The summed E-state index contributed by atoms with van der Waals surface area (Å²) in [6.07, 6.45) is 2.10. The lowest BCUT2D eigenvalue weighted by molar-refractivity contribution is -0.131. The second-order valence-corrected chi connectivity index (χ2v) is 4.71. The van der Waals surface area contributed by atoms with Crippen molar-refractivity contribution in [3.63, 3.8) is 0 Å². The second-order valence-electron chi connectivity index (χ2n) is 4.71. The molecule has 0 atom stereocenters. The lowest BCUT2D eigenvalue weighted by Crippen LogP contribution is -2.41. The predicted octanol–water partition coefficient (Wildman–Crippen LogP) is 0.291. The third-order valence-electron chi connectivity index (χ3n) is 3.32. The number of carbonyl (C=O) groups is 2. The molecule has 106 valence electrons. The Balaban J connectivity index is 2.18. The van der Waals surface area contributed by atoms with E-state index in [2.05, 4.69) is 5.32 Å². The van der Waals surface area contributed by atoms with Crippen LogP contribution in [-0.4, -0.2) is 50.1 Å². The molecule has 1 aliphatic heterocycles. The van der Waals surface area contributed by atoms with Crippen LogP contribution < -0.4 is 5.32 Å². The van der Waals surface area contributed by atoms with Crippen LogP contribution >= 0.6 is 0 Å². The summed E-state index contributed by atoms with van der Waals surface area (Å²) in [5.74, 6) is 0.326. The average molecular weight is 267 g/mol. The molecule has 1 saturated heterocycles. The normalized spacial score (nSPS) is 15.9. The number of hydrogen-bond acceptors (Lipinski definition) is 4. The van der Waals surface area contributed by atoms with Gasteiger partial charge < -0.3 is 15.0 Å². The second kappa shape index (κ2) is 8.48. The fourth-order valence-corrected chi connectivity index (χ4v) is 2.11. The molecule has 6 nitrogen and oxygen atoms in total. The highest BCUT2D eigenvalue weighted by molar-refractivity contribution is 5.78. The summed E-state index contributed by atoms with van der Waals surface area (Å²) in [5, 5.41) is 11.4. The van der Waals surface area contributed by atoms with E-state index in [0.717, 1.165) is 12.8 Å². The smallest absolute Gasteiger partial charge is 0.236 e. The SMILES string of the molecule is COCCC(=O)NCC1CCN(C(=O)CC#N)CC1. The maximum Gasteiger partial charge on any atom is 0.236 e. The molecule has 0 unspecified atom stereocenters. The van der Waals surface area contributed by atoms with E-state index in [9.17, 15) is 9.59 Å². The van der Waals surface area contributed by atoms with Crippen molar-refractivity contribution in [2.45, 2.75) is 25.7 Å². The van der Waals surface area contributed by atoms with Crippen molar-refractivity contribution in [2.24, 2.45) is 5.92 Å². The quantitative estimate of drug-likeness (QED) is 0.750. The van der Waals surface area contributed by atoms with Gasteiger partial charge in [-0.05, 0) is 18.8 Å². The minimum absolute atomic E-state index is 0.00448. The number of amides is 2. The number of nitrogens with one attached hydrogen (secondary N) is 1. The van der Waals surface area contributed by atoms with Crippen molar-refractivity contribution in [3.05, 3.63) is 0 Å². The first-order valence-corrected chi connectivity index (χ1v) is 6.57. The molecule has 0 aliphatic carbocycles. The standard InChI is InChI=1S/C13H21N3O3/c1-19-9-5-12(17)15-10-11-3-7-16(8-4-11)13(18)2-6-14/h11H,2-5,7-10H2,1H3,(H,15,17). The lowest BCUT2D eigenvalue weighted by atomic mass is 9.96. The van der Waals surface area contributed by atoms with Gasteiger partial charge in [0, 0.05) is 33.2 Å². The van der Waals surface area contributed by atoms with Crippen molar-refractivity contribution in [1.29, 1.82) is 5.26 Å². The Kier molecular flexibility index (Phi) is 6.90. The van der Waals surface area contributed by atoms with E-state index >= 15 is 0 Å². The molecule has 0 spiro atoms. The van der Waals surface area contributed by atoms with Crippen LogP contribution in [0.25, 0.3) is 0 Å². The van der Waals surface area contributed by atoms with Gasteiger partial charge in [-0.2, -0.15) is 5.26 Å². The zero-order valence-corrected chi connectivity index (χ0v) is 11.4. The largest absolute Gasteiger partial charge is 0.384 e. The monoisotopic (exact) mass is 267 g/mol. The predicted molar refractivity (Wildman–Crippen MR) is 69.0 cm³/mol. The summed E-state index contributed by atoms with van der Waals surface area (Å²) in [5.41, 5.74) is 0. The number of piperidine rings is 1. The Hall–Kier alpha value is -1.61. The summed E-state index contributed by atoms with van der Waals surface area (Å²) in [6.45, 7) is 2.45. The van der Waals surface area contributed by atoms with Gasteiger partial charge in [0.1, 0.15) is 6.42 Å². The van der Waals surface area contributed by atoms with Crippen molar-refractivity contribution >= 4 is 11.8 Å². The zero-order chi connectivity index (χ0) is 14.1. The minimum Gasteiger partial charge on any atom is -0.384 e. The number of ether oxygens (including phenoxy) is 1. The Bertz CT molecular complexity index is 344. The van der Waals surface area contributed by atoms with Gasteiger partial charge in [-0.3, -0.25) is 9.59 Å². The Morgan fingerprint density at radius 3 is 2.68 bits per heavy atom. The molecule has 1 aliphatic rings. The highest BCUT2D eigenvalue weighted by Gasteiger charge is 2.22. The summed E-state index contributed by atoms with van der Waals surface area (Å²) < 4.78 is 4.84. The molecule has 0 aromatic rings. The van der Waals surface area contributed by atoms with Crippen molar-refractivity contribution in [1.82, 2.24) is 10.2 Å². The molecule has 0 radical (unpaired) electrons. The van der Waals surface area contributed by atoms with E-state index in [1.807, 2.05) is 6.07 Å². The number of nitriles is 1. The molecule has 6 heteroatoms.